The number of rotatable bonds is 0. The van der Waals surface area contributed by atoms with Crippen molar-refractivity contribution in [2.24, 2.45) is 0 Å². The summed E-state index contributed by atoms with van der Waals surface area (Å²) in [6.45, 7) is 0. The Balaban J connectivity index is 0. The maximum absolute atomic E-state index is 0. The average Bonchev–Trinajstić information content (AvgIpc) is 0. The Bertz CT molecular complexity index is 6.00. The molecule has 0 rings (SSSR count). The monoisotopic (exact) mass is 236 g/mol. The van der Waals surface area contributed by atoms with Gasteiger partial charge in [-0.2, -0.15) is 0 Å². The van der Waals surface area contributed by atoms with Crippen molar-refractivity contribution in [2.75, 3.05) is 0 Å². The van der Waals surface area contributed by atoms with Crippen LogP contribution in [0.2, 0.25) is 0 Å². The van der Waals surface area contributed by atoms with E-state index in [-0.39, 0.29) is 69.5 Å². The van der Waals surface area contributed by atoms with Crippen molar-refractivity contribution in [3.05, 3.63) is 0 Å². The molecule has 0 aromatic heterocycles. The second kappa shape index (κ2) is 20.7. The van der Waals surface area contributed by atoms with Crippen LogP contribution in [-0.2, 0) is 43.7 Å². The molecule has 0 aliphatic carbocycles. The van der Waals surface area contributed by atoms with Crippen molar-refractivity contribution in [1.29, 1.82) is 0 Å². The normalized spacial score (nSPS) is 0. The molecule has 0 heterocycles. The fraction of sp³-hybridized carbons (Fsp3) is 0. The zero-order valence-electron chi connectivity index (χ0n) is 1.97. The molecule has 0 amide bonds. The van der Waals surface area contributed by atoms with E-state index in [1.54, 1.807) is 0 Å². The maximum atomic E-state index is 0. The van der Waals surface area contributed by atoms with E-state index in [9.17, 15) is 0 Å². The Morgan fingerprint density at radius 2 is 0.750 bits per heavy atom. The second-order valence-electron chi connectivity index (χ2n) is 0. The van der Waals surface area contributed by atoms with Crippen LogP contribution in [0, 0.1) is 0 Å². The van der Waals surface area contributed by atoms with Gasteiger partial charge in [0, 0.05) is 0 Å². The molecule has 0 aromatic rings. The molecule has 0 fully saturated rings. The van der Waals surface area contributed by atoms with E-state index < -0.39 is 0 Å². The molecule has 0 spiro atoms. The number of hydrogen-bond acceptors (Lipinski definition) is 0. The minimum atomic E-state index is 0. The van der Waals surface area contributed by atoms with Gasteiger partial charge in [0.1, 0.15) is 0 Å². The van der Waals surface area contributed by atoms with E-state index in [0.29, 0.717) is 0 Å². The first-order valence-electron chi connectivity index (χ1n) is 0. The molecule has 0 aliphatic heterocycles. The van der Waals surface area contributed by atoms with Crippen molar-refractivity contribution < 1.29 is 43.7 Å². The van der Waals surface area contributed by atoms with Gasteiger partial charge in [-0.1, -0.05) is 0 Å². The first-order valence-corrected chi connectivity index (χ1v) is 0. The van der Waals surface area contributed by atoms with Crippen LogP contribution in [0.5, 0.6) is 0 Å². The summed E-state index contributed by atoms with van der Waals surface area (Å²) in [5, 5.41) is 0. The number of hydrogen-bond donors (Lipinski definition) is 0. The third-order valence-electron chi connectivity index (χ3n) is 0. The molecular formula is InO2Y+2. The summed E-state index contributed by atoms with van der Waals surface area (Å²) in [6, 6.07) is 0. The molecule has 2 nitrogen and oxygen atoms in total. The van der Waals surface area contributed by atoms with Crippen LogP contribution in [0.25, 0.3) is 0 Å². The molecule has 0 unspecified atom stereocenters. The minimum Gasteiger partial charge on any atom is -2.00 e. The van der Waals surface area contributed by atoms with Crippen LogP contribution in [0.3, 0.4) is 0 Å². The predicted molar refractivity (Wildman–Crippen MR) is 7.13 cm³/mol. The van der Waals surface area contributed by atoms with E-state index >= 15 is 0 Å². The van der Waals surface area contributed by atoms with Crippen molar-refractivity contribution in [3.63, 3.8) is 0 Å². The largest absolute Gasteiger partial charge is 3.00 e. The van der Waals surface area contributed by atoms with Crippen molar-refractivity contribution in [3.8, 4) is 0 Å². The zero-order valence-corrected chi connectivity index (χ0v) is 8.11. The summed E-state index contributed by atoms with van der Waals surface area (Å²) in [7, 11) is 0. The molecule has 4 heteroatoms. The van der Waals surface area contributed by atoms with E-state index in [4.69, 9.17) is 0 Å². The van der Waals surface area contributed by atoms with E-state index in [1.807, 2.05) is 0 Å². The third-order valence-corrected chi connectivity index (χ3v) is 0. The molecule has 0 saturated carbocycles. The fourth-order valence-corrected chi connectivity index (χ4v) is 0. The fourth-order valence-electron chi connectivity index (χ4n) is 0. The van der Waals surface area contributed by atoms with Gasteiger partial charge in [0.25, 0.3) is 0 Å². The molecule has 0 radical (unpaired) electrons. The van der Waals surface area contributed by atoms with Gasteiger partial charge < -0.3 is 11.0 Å². The van der Waals surface area contributed by atoms with Gasteiger partial charge in [-0.3, -0.25) is 0 Å². The van der Waals surface area contributed by atoms with Crippen LogP contribution in [0.1, 0.15) is 0 Å². The van der Waals surface area contributed by atoms with Gasteiger partial charge in [-0.15, -0.1) is 0 Å². The van der Waals surface area contributed by atoms with Gasteiger partial charge in [0.2, 0.25) is 0 Å². The molecule has 4 heavy (non-hydrogen) atoms. The average molecular weight is 236 g/mol. The predicted octanol–water partition coefficient (Wildman–Crippen LogP) is -0.621. The van der Waals surface area contributed by atoms with Crippen LogP contribution >= 0.6 is 0 Å². The SMILES string of the molecule is [In+3].[O-2].[O-2].[Y+3]. The first kappa shape index (κ1) is 39.4. The standard InChI is InChI=1S/In.2O.Y/q+3;2*-2;+3. The third kappa shape index (κ3) is 9.09. The minimum absolute atomic E-state index is 0. The Morgan fingerprint density at radius 3 is 0.750 bits per heavy atom. The van der Waals surface area contributed by atoms with Crippen molar-refractivity contribution in [2.45, 2.75) is 0 Å². The van der Waals surface area contributed by atoms with Gasteiger partial charge in [-0.05, 0) is 0 Å². The summed E-state index contributed by atoms with van der Waals surface area (Å²) in [6.07, 6.45) is 0. The molecule has 0 N–H and O–H groups in total. The molecule has 0 aliphatic rings. The summed E-state index contributed by atoms with van der Waals surface area (Å²) in [5.74, 6) is 0. The van der Waals surface area contributed by atoms with E-state index in [2.05, 4.69) is 0 Å². The van der Waals surface area contributed by atoms with Crippen LogP contribution < -0.4 is 0 Å². The zero-order chi connectivity index (χ0) is 0. The topological polar surface area (TPSA) is 57.0 Å². The Labute approximate surface area is 68.6 Å². The second-order valence-corrected chi connectivity index (χ2v) is 0. The smallest absolute Gasteiger partial charge is 2.00 e. The Morgan fingerprint density at radius 1 is 0.750 bits per heavy atom. The van der Waals surface area contributed by atoms with Gasteiger partial charge >= 0.3 is 58.6 Å². The first-order chi connectivity index (χ1) is 0. The van der Waals surface area contributed by atoms with Crippen molar-refractivity contribution in [1.82, 2.24) is 0 Å². The summed E-state index contributed by atoms with van der Waals surface area (Å²) >= 11 is 0. The summed E-state index contributed by atoms with van der Waals surface area (Å²) in [5.41, 5.74) is 0. The summed E-state index contributed by atoms with van der Waals surface area (Å²) < 4.78 is 0. The van der Waals surface area contributed by atoms with E-state index in [1.165, 1.54) is 0 Å². The maximum Gasteiger partial charge on any atom is 3.00 e. The van der Waals surface area contributed by atoms with Gasteiger partial charge in [-0.25, -0.2) is 0 Å². The van der Waals surface area contributed by atoms with Gasteiger partial charge in [0.15, 0.2) is 0 Å². The molecule has 16 valence electrons. The molecule has 0 atom stereocenters. The summed E-state index contributed by atoms with van der Waals surface area (Å²) in [4.78, 5) is 0. The molecule has 0 aromatic carbocycles. The van der Waals surface area contributed by atoms with E-state index in [0.717, 1.165) is 0 Å². The van der Waals surface area contributed by atoms with Crippen LogP contribution in [0.15, 0.2) is 0 Å². The quantitative estimate of drug-likeness (QED) is 0.538. The Hall–Kier alpha value is 1.89. The van der Waals surface area contributed by atoms with Crippen LogP contribution in [-0.4, -0.2) is 25.8 Å². The van der Waals surface area contributed by atoms with Crippen molar-refractivity contribution >= 4 is 25.8 Å². The van der Waals surface area contributed by atoms with Crippen LogP contribution in [0.4, 0.5) is 0 Å². The van der Waals surface area contributed by atoms with Gasteiger partial charge in [0.05, 0.1) is 0 Å². The molecular weight excluding hydrogens is 236 g/mol. The molecule has 0 saturated heterocycles. The molecule has 0 bridgehead atoms. The Kier molecular flexibility index (Phi) is 204.